The average molecular weight is 495 g/mol. The van der Waals surface area contributed by atoms with Gasteiger partial charge in [-0.2, -0.15) is 0 Å². The van der Waals surface area contributed by atoms with E-state index >= 15 is 0 Å². The molecule has 1 amide bonds. The van der Waals surface area contributed by atoms with Crippen LogP contribution in [0.1, 0.15) is 41.6 Å². The summed E-state index contributed by atoms with van der Waals surface area (Å²) in [6, 6.07) is 14.0. The first-order valence-corrected chi connectivity index (χ1v) is 11.2. The number of hydrogen-bond donors (Lipinski definition) is 3. The Hall–Kier alpha value is -2.32. The Morgan fingerprint density at radius 3 is 2.36 bits per heavy atom. The zero-order valence-electron chi connectivity index (χ0n) is 18.1. The quantitative estimate of drug-likeness (QED) is 0.459. The predicted octanol–water partition coefficient (Wildman–Crippen LogP) is 3.78. The van der Waals surface area contributed by atoms with Crippen LogP contribution in [-0.4, -0.2) is 48.9 Å². The van der Waals surface area contributed by atoms with Gasteiger partial charge in [0.15, 0.2) is 0 Å². The summed E-state index contributed by atoms with van der Waals surface area (Å²) in [5, 5.41) is 16.4. The zero-order valence-corrected chi connectivity index (χ0v) is 19.7. The number of ether oxygens (including phenoxy) is 2. The summed E-state index contributed by atoms with van der Waals surface area (Å²) >= 11 is 5.99. The number of carboxylic acid groups (broad SMARTS) is 1. The maximum absolute atomic E-state index is 13.5. The van der Waals surface area contributed by atoms with Crippen molar-refractivity contribution < 1.29 is 24.2 Å². The van der Waals surface area contributed by atoms with E-state index in [0.717, 1.165) is 18.4 Å². The molecule has 2 aliphatic rings. The molecular formula is C24H28Cl2N2O5. The Bertz CT molecular complexity index is 973. The van der Waals surface area contributed by atoms with Crippen molar-refractivity contribution in [2.24, 2.45) is 0 Å². The van der Waals surface area contributed by atoms with Crippen molar-refractivity contribution in [1.82, 2.24) is 10.6 Å². The minimum absolute atomic E-state index is 0. The number of carbonyl (C=O) groups excluding carboxylic acids is 1. The average Bonchev–Trinajstić information content (AvgIpc) is 3.58. The number of nitrogens with one attached hydrogen (secondary N) is 2. The molecule has 2 fully saturated rings. The van der Waals surface area contributed by atoms with E-state index in [1.807, 2.05) is 12.1 Å². The molecule has 7 nitrogen and oxygen atoms in total. The van der Waals surface area contributed by atoms with E-state index in [1.54, 1.807) is 36.4 Å². The third-order valence-corrected chi connectivity index (χ3v) is 6.43. The molecule has 2 aromatic rings. The minimum atomic E-state index is -0.962. The summed E-state index contributed by atoms with van der Waals surface area (Å²) in [7, 11) is 0. The second-order valence-electron chi connectivity index (χ2n) is 8.35. The van der Waals surface area contributed by atoms with Gasteiger partial charge in [0.05, 0.1) is 11.1 Å². The molecule has 1 aliphatic carbocycles. The molecule has 1 saturated heterocycles. The first-order chi connectivity index (χ1) is 15.4. The van der Waals surface area contributed by atoms with Gasteiger partial charge in [-0.25, -0.2) is 4.79 Å². The topological polar surface area (TPSA) is 96.9 Å². The van der Waals surface area contributed by atoms with Crippen LogP contribution < -0.4 is 15.4 Å². The number of halogens is 2. The highest BCUT2D eigenvalue weighted by molar-refractivity contribution is 6.30. The summed E-state index contributed by atoms with van der Waals surface area (Å²) in [4.78, 5) is 24.6. The molecule has 1 saturated carbocycles. The molecule has 2 aromatic carbocycles. The molecule has 33 heavy (non-hydrogen) atoms. The van der Waals surface area contributed by atoms with Gasteiger partial charge in [0, 0.05) is 24.8 Å². The second kappa shape index (κ2) is 10.7. The van der Waals surface area contributed by atoms with Gasteiger partial charge in [-0.15, -0.1) is 12.4 Å². The van der Waals surface area contributed by atoms with Gasteiger partial charge in [0.2, 0.25) is 5.91 Å². The number of carboxylic acids is 1. The lowest BCUT2D eigenvalue weighted by molar-refractivity contribution is -0.133. The van der Waals surface area contributed by atoms with Crippen molar-refractivity contribution in [1.29, 1.82) is 0 Å². The molecule has 9 heteroatoms. The molecule has 0 bridgehead atoms. The first kappa shape index (κ1) is 25.3. The fourth-order valence-electron chi connectivity index (χ4n) is 4.10. The SMILES string of the molecule is Cl.O=C(O)c1ccc(C2(NC(=O)C3(NCCOc4cccc(Cl)c4)CCOCC3)CC2)cc1. The van der Waals surface area contributed by atoms with E-state index in [0.29, 0.717) is 50.0 Å². The molecule has 1 heterocycles. The lowest BCUT2D eigenvalue weighted by Crippen LogP contribution is -2.61. The van der Waals surface area contributed by atoms with Gasteiger partial charge in [0.1, 0.15) is 17.9 Å². The Balaban J connectivity index is 0.00000306. The molecule has 3 N–H and O–H groups in total. The molecule has 0 atom stereocenters. The van der Waals surface area contributed by atoms with Gasteiger partial charge in [-0.3, -0.25) is 10.1 Å². The number of carbonyl (C=O) groups is 2. The molecule has 0 radical (unpaired) electrons. The van der Waals surface area contributed by atoms with Gasteiger partial charge in [0.25, 0.3) is 0 Å². The maximum atomic E-state index is 13.5. The van der Waals surface area contributed by atoms with E-state index in [4.69, 9.17) is 26.2 Å². The standard InChI is InChI=1S/C24H27ClN2O5.ClH/c25-19-2-1-3-20(16-19)32-15-12-26-24(10-13-31-14-11-24)22(30)27-23(8-9-23)18-6-4-17(5-7-18)21(28)29;/h1-7,16,26H,8-15H2,(H,27,30)(H,28,29);1H. The number of benzene rings is 2. The van der Waals surface area contributed by atoms with Crippen LogP contribution in [0.25, 0.3) is 0 Å². The van der Waals surface area contributed by atoms with Crippen molar-refractivity contribution in [3.8, 4) is 5.75 Å². The van der Waals surface area contributed by atoms with Crippen LogP contribution in [0.4, 0.5) is 0 Å². The smallest absolute Gasteiger partial charge is 0.335 e. The van der Waals surface area contributed by atoms with Crippen molar-refractivity contribution in [3.63, 3.8) is 0 Å². The van der Waals surface area contributed by atoms with Gasteiger partial charge < -0.3 is 19.9 Å². The summed E-state index contributed by atoms with van der Waals surface area (Å²) in [5.41, 5.74) is 0.00535. The Morgan fingerprint density at radius 2 is 1.76 bits per heavy atom. The van der Waals surface area contributed by atoms with Crippen molar-refractivity contribution in [2.75, 3.05) is 26.4 Å². The highest BCUT2D eigenvalue weighted by atomic mass is 35.5. The molecule has 0 spiro atoms. The highest BCUT2D eigenvalue weighted by Crippen LogP contribution is 2.46. The number of hydrogen-bond acceptors (Lipinski definition) is 5. The summed E-state index contributed by atoms with van der Waals surface area (Å²) in [6.07, 6.45) is 2.80. The lowest BCUT2D eigenvalue weighted by Gasteiger charge is -2.38. The van der Waals surface area contributed by atoms with Gasteiger partial charge in [-0.1, -0.05) is 29.8 Å². The van der Waals surface area contributed by atoms with Crippen LogP contribution in [0.5, 0.6) is 5.75 Å². The number of rotatable bonds is 9. The Kier molecular flexibility index (Phi) is 8.23. The van der Waals surface area contributed by atoms with Gasteiger partial charge >= 0.3 is 5.97 Å². The summed E-state index contributed by atoms with van der Waals surface area (Å²) in [6.45, 7) is 1.92. The summed E-state index contributed by atoms with van der Waals surface area (Å²) in [5.74, 6) is -0.328. The monoisotopic (exact) mass is 494 g/mol. The van der Waals surface area contributed by atoms with Crippen LogP contribution in [0.2, 0.25) is 5.02 Å². The van der Waals surface area contributed by atoms with E-state index in [2.05, 4.69) is 10.6 Å². The van der Waals surface area contributed by atoms with Crippen LogP contribution in [0.15, 0.2) is 48.5 Å². The molecular weight excluding hydrogens is 467 g/mol. The first-order valence-electron chi connectivity index (χ1n) is 10.8. The molecule has 178 valence electrons. The van der Waals surface area contributed by atoms with Crippen LogP contribution in [0.3, 0.4) is 0 Å². The molecule has 0 unspecified atom stereocenters. The molecule has 4 rings (SSSR count). The fraction of sp³-hybridized carbons (Fsp3) is 0.417. The fourth-order valence-corrected chi connectivity index (χ4v) is 4.28. The van der Waals surface area contributed by atoms with Crippen molar-refractivity contribution in [3.05, 3.63) is 64.7 Å². The van der Waals surface area contributed by atoms with Crippen molar-refractivity contribution >= 4 is 35.9 Å². The van der Waals surface area contributed by atoms with E-state index < -0.39 is 17.0 Å². The van der Waals surface area contributed by atoms with Crippen molar-refractivity contribution in [2.45, 2.75) is 36.8 Å². The Morgan fingerprint density at radius 1 is 1.06 bits per heavy atom. The number of aromatic carboxylic acids is 1. The van der Waals surface area contributed by atoms with Crippen LogP contribution in [-0.2, 0) is 15.1 Å². The zero-order chi connectivity index (χ0) is 22.6. The molecule has 1 aliphatic heterocycles. The van der Waals surface area contributed by atoms with Gasteiger partial charge in [-0.05, 0) is 61.6 Å². The maximum Gasteiger partial charge on any atom is 0.335 e. The summed E-state index contributed by atoms with van der Waals surface area (Å²) < 4.78 is 11.3. The minimum Gasteiger partial charge on any atom is -0.492 e. The third-order valence-electron chi connectivity index (χ3n) is 6.20. The van der Waals surface area contributed by atoms with Crippen LogP contribution in [0, 0.1) is 0 Å². The van der Waals surface area contributed by atoms with E-state index in [-0.39, 0.29) is 23.9 Å². The largest absolute Gasteiger partial charge is 0.492 e. The van der Waals surface area contributed by atoms with Crippen LogP contribution >= 0.6 is 24.0 Å². The highest BCUT2D eigenvalue weighted by Gasteiger charge is 2.50. The molecule has 0 aromatic heterocycles. The lowest BCUT2D eigenvalue weighted by atomic mass is 9.88. The third kappa shape index (κ3) is 5.98. The predicted molar refractivity (Wildman–Crippen MR) is 127 cm³/mol. The van der Waals surface area contributed by atoms with E-state index in [9.17, 15) is 9.59 Å². The Labute approximate surface area is 204 Å². The normalized spacial score (nSPS) is 18.0. The number of amides is 1. The van der Waals surface area contributed by atoms with E-state index in [1.165, 1.54) is 0 Å². The second-order valence-corrected chi connectivity index (χ2v) is 8.78.